The number of rotatable bonds is 3. The van der Waals surface area contributed by atoms with E-state index >= 15 is 0 Å². The number of amides is 2. The van der Waals surface area contributed by atoms with Gasteiger partial charge in [-0.05, 0) is 19.3 Å². The highest BCUT2D eigenvalue weighted by Gasteiger charge is 2.36. The Bertz CT molecular complexity index is 1090. The Morgan fingerprint density at radius 3 is 2.57 bits per heavy atom. The Kier molecular flexibility index (Phi) is 5.00. The van der Waals surface area contributed by atoms with Crippen molar-refractivity contribution in [1.29, 1.82) is 0 Å². The minimum atomic E-state index is -1.18. The summed E-state index contributed by atoms with van der Waals surface area (Å²) in [6.07, 6.45) is 3.54. The zero-order valence-electron chi connectivity index (χ0n) is 15.8. The number of hydrogen-bond donors (Lipinski definition) is 2. The highest BCUT2D eigenvalue weighted by Crippen LogP contribution is 2.31. The fraction of sp³-hybridized carbons (Fsp3) is 0.350. The number of benzene rings is 1. The third-order valence-corrected chi connectivity index (χ3v) is 5.52. The molecule has 0 spiro atoms. The number of aromatic nitrogens is 1. The van der Waals surface area contributed by atoms with Crippen LogP contribution in [0.25, 0.3) is 0 Å². The lowest BCUT2D eigenvalue weighted by Crippen LogP contribution is -2.44. The molecule has 1 fully saturated rings. The fourth-order valence-electron chi connectivity index (χ4n) is 3.97. The van der Waals surface area contributed by atoms with E-state index in [1.807, 2.05) is 0 Å². The Labute approximate surface area is 168 Å². The second kappa shape index (κ2) is 7.51. The summed E-state index contributed by atoms with van der Waals surface area (Å²) in [7, 11) is 0. The maximum Gasteiger partial charge on any atom is 0.274 e. The molecule has 2 aromatic rings. The second-order valence-corrected chi connectivity index (χ2v) is 7.41. The van der Waals surface area contributed by atoms with E-state index in [1.165, 1.54) is 10.8 Å². The van der Waals surface area contributed by atoms with Crippen LogP contribution in [0.4, 0.5) is 13.2 Å². The van der Waals surface area contributed by atoms with E-state index in [9.17, 15) is 32.7 Å². The number of halogens is 3. The highest BCUT2D eigenvalue weighted by atomic mass is 19.1. The van der Waals surface area contributed by atoms with Gasteiger partial charge in [0.25, 0.3) is 11.8 Å². The number of hydrogen-bond acceptors (Lipinski definition) is 4. The Hall–Kier alpha value is -3.30. The number of pyridine rings is 1. The van der Waals surface area contributed by atoms with Crippen LogP contribution in [-0.4, -0.2) is 39.5 Å². The van der Waals surface area contributed by atoms with Crippen molar-refractivity contribution < 1.29 is 27.9 Å². The van der Waals surface area contributed by atoms with Gasteiger partial charge in [0.2, 0.25) is 5.43 Å². The normalized spacial score (nSPS) is 18.0. The van der Waals surface area contributed by atoms with E-state index in [0.717, 1.165) is 12.8 Å². The summed E-state index contributed by atoms with van der Waals surface area (Å²) in [6.45, 7) is 0.302. The topological polar surface area (TPSA) is 91.6 Å². The first-order chi connectivity index (χ1) is 14.3. The van der Waals surface area contributed by atoms with Crippen molar-refractivity contribution in [2.24, 2.45) is 0 Å². The second-order valence-electron chi connectivity index (χ2n) is 7.41. The van der Waals surface area contributed by atoms with Crippen LogP contribution >= 0.6 is 0 Å². The van der Waals surface area contributed by atoms with Gasteiger partial charge >= 0.3 is 0 Å². The van der Waals surface area contributed by atoms with Crippen LogP contribution in [0, 0.1) is 17.5 Å². The van der Waals surface area contributed by atoms with Crippen LogP contribution in [0.3, 0.4) is 0 Å². The predicted molar refractivity (Wildman–Crippen MR) is 98.6 cm³/mol. The summed E-state index contributed by atoms with van der Waals surface area (Å²) in [6, 6.07) is 0.756. The van der Waals surface area contributed by atoms with Crippen LogP contribution in [0.2, 0.25) is 0 Å². The van der Waals surface area contributed by atoms with Gasteiger partial charge < -0.3 is 19.9 Å². The van der Waals surface area contributed by atoms with Crippen molar-refractivity contribution in [2.75, 3.05) is 13.1 Å². The third-order valence-electron chi connectivity index (χ3n) is 5.52. The first-order valence-electron chi connectivity index (χ1n) is 9.47. The van der Waals surface area contributed by atoms with Gasteiger partial charge in [-0.1, -0.05) is 0 Å². The molecular formula is C20H18F3N3O4. The average Bonchev–Trinajstić information content (AvgIpc) is 2.91. The zero-order chi connectivity index (χ0) is 21.6. The van der Waals surface area contributed by atoms with Gasteiger partial charge in [0.15, 0.2) is 11.4 Å². The van der Waals surface area contributed by atoms with Gasteiger partial charge in [0, 0.05) is 43.5 Å². The molecule has 0 radical (unpaired) electrons. The van der Waals surface area contributed by atoms with Gasteiger partial charge in [-0.2, -0.15) is 0 Å². The quantitative estimate of drug-likeness (QED) is 0.794. The molecule has 10 heteroatoms. The van der Waals surface area contributed by atoms with E-state index in [0.29, 0.717) is 31.6 Å². The minimum absolute atomic E-state index is 0.162. The lowest BCUT2D eigenvalue weighted by Gasteiger charge is -2.34. The molecule has 0 aliphatic carbocycles. The summed E-state index contributed by atoms with van der Waals surface area (Å²) in [5, 5.41) is 12.6. The Morgan fingerprint density at radius 1 is 1.17 bits per heavy atom. The van der Waals surface area contributed by atoms with Crippen molar-refractivity contribution in [2.45, 2.75) is 31.8 Å². The monoisotopic (exact) mass is 421 g/mol. The summed E-state index contributed by atoms with van der Waals surface area (Å²) in [5.41, 5.74) is -2.23. The van der Waals surface area contributed by atoms with Gasteiger partial charge in [-0.3, -0.25) is 14.4 Å². The molecule has 7 nitrogen and oxygen atoms in total. The largest absolute Gasteiger partial charge is 0.503 e. The summed E-state index contributed by atoms with van der Waals surface area (Å²) >= 11 is 0. The molecule has 2 bridgehead atoms. The molecule has 1 aromatic carbocycles. The number of nitrogens with one attached hydrogen (secondary N) is 1. The molecule has 1 aromatic heterocycles. The van der Waals surface area contributed by atoms with E-state index in [4.69, 9.17) is 0 Å². The first-order valence-corrected chi connectivity index (χ1v) is 9.47. The molecule has 1 unspecified atom stereocenters. The maximum absolute atomic E-state index is 13.8. The standard InChI is InChI=1S/C20H18F3N3O4/c21-10-5-14(22)12(15(23)6-10)7-24-19(29)13-9-26-11-3-1-2-4-25(8-11)20(30)16(26)18(28)17(13)27/h5-6,9,11,28H,1-4,7-8H2,(H,24,29). The molecule has 2 amide bonds. The molecular weight excluding hydrogens is 403 g/mol. The molecule has 2 aliphatic heterocycles. The van der Waals surface area contributed by atoms with Gasteiger partial charge in [0.05, 0.1) is 6.04 Å². The summed E-state index contributed by atoms with van der Waals surface area (Å²) in [4.78, 5) is 39.3. The molecule has 4 rings (SSSR count). The number of nitrogens with zero attached hydrogens (tertiary/aromatic N) is 2. The lowest BCUT2D eigenvalue weighted by atomic mass is 10.1. The van der Waals surface area contributed by atoms with Crippen LogP contribution < -0.4 is 10.7 Å². The summed E-state index contributed by atoms with van der Waals surface area (Å²) < 4.78 is 42.0. The van der Waals surface area contributed by atoms with Crippen LogP contribution in [0.1, 0.15) is 51.7 Å². The molecule has 30 heavy (non-hydrogen) atoms. The first kappa shape index (κ1) is 20.0. The van der Waals surface area contributed by atoms with E-state index < -0.39 is 58.1 Å². The summed E-state index contributed by atoms with van der Waals surface area (Å²) in [5.74, 6) is -5.74. The van der Waals surface area contributed by atoms with Crippen molar-refractivity contribution in [3.8, 4) is 5.75 Å². The fourth-order valence-corrected chi connectivity index (χ4v) is 3.97. The molecule has 158 valence electrons. The predicted octanol–water partition coefficient (Wildman–Crippen LogP) is 2.08. The van der Waals surface area contributed by atoms with Crippen LogP contribution in [0.5, 0.6) is 5.75 Å². The zero-order valence-corrected chi connectivity index (χ0v) is 15.8. The number of aromatic hydroxyl groups is 1. The van der Waals surface area contributed by atoms with Gasteiger partial charge in [0.1, 0.15) is 23.0 Å². The Balaban J connectivity index is 1.67. The van der Waals surface area contributed by atoms with Crippen molar-refractivity contribution in [1.82, 2.24) is 14.8 Å². The molecule has 1 saturated heterocycles. The van der Waals surface area contributed by atoms with Gasteiger partial charge in [-0.15, -0.1) is 0 Å². The van der Waals surface area contributed by atoms with Crippen LogP contribution in [-0.2, 0) is 6.54 Å². The maximum atomic E-state index is 13.8. The molecule has 2 N–H and O–H groups in total. The van der Waals surface area contributed by atoms with Gasteiger partial charge in [-0.25, -0.2) is 13.2 Å². The number of fused-ring (bicyclic) bond motifs is 4. The minimum Gasteiger partial charge on any atom is -0.503 e. The van der Waals surface area contributed by atoms with E-state index in [1.54, 1.807) is 4.90 Å². The average molecular weight is 421 g/mol. The molecule has 3 heterocycles. The SMILES string of the molecule is O=C(NCc1c(F)cc(F)cc1F)c1cn2c(c(O)c1=O)C(=O)N1CCCCC2C1. The van der Waals surface area contributed by atoms with Crippen molar-refractivity contribution >= 4 is 11.8 Å². The molecule has 1 atom stereocenters. The smallest absolute Gasteiger partial charge is 0.274 e. The van der Waals surface area contributed by atoms with Crippen molar-refractivity contribution in [3.05, 3.63) is 62.8 Å². The third kappa shape index (κ3) is 3.31. The molecule has 0 saturated carbocycles. The lowest BCUT2D eigenvalue weighted by molar-refractivity contribution is 0.0677. The Morgan fingerprint density at radius 2 is 1.87 bits per heavy atom. The van der Waals surface area contributed by atoms with E-state index in [-0.39, 0.29) is 11.7 Å². The number of carbonyl (C=O) groups is 2. The number of carbonyl (C=O) groups excluding carboxylic acids is 2. The van der Waals surface area contributed by atoms with E-state index in [2.05, 4.69) is 5.32 Å². The molecule has 2 aliphatic rings. The van der Waals surface area contributed by atoms with Crippen molar-refractivity contribution in [3.63, 3.8) is 0 Å². The highest BCUT2D eigenvalue weighted by molar-refractivity contribution is 5.99. The van der Waals surface area contributed by atoms with Crippen LogP contribution in [0.15, 0.2) is 23.1 Å².